The molecule has 0 spiro atoms. The highest BCUT2D eigenvalue weighted by Gasteiger charge is 2.20. The van der Waals surface area contributed by atoms with Crippen LogP contribution >= 0.6 is 11.8 Å². The van der Waals surface area contributed by atoms with Crippen molar-refractivity contribution in [1.82, 2.24) is 9.55 Å². The lowest BCUT2D eigenvalue weighted by Gasteiger charge is -2.16. The van der Waals surface area contributed by atoms with Gasteiger partial charge in [-0.05, 0) is 56.3 Å². The number of amides is 1. The number of aryl methyl sites for hydroxylation is 1. The Morgan fingerprint density at radius 2 is 1.84 bits per heavy atom. The van der Waals surface area contributed by atoms with Crippen molar-refractivity contribution in [3.63, 3.8) is 0 Å². The minimum absolute atomic E-state index is 0.184. The van der Waals surface area contributed by atoms with E-state index >= 15 is 0 Å². The Morgan fingerprint density at radius 1 is 1.09 bits per heavy atom. The van der Waals surface area contributed by atoms with Gasteiger partial charge in [-0.3, -0.25) is 14.2 Å². The van der Waals surface area contributed by atoms with Crippen LogP contribution in [0, 0.1) is 18.3 Å². The molecule has 1 amide bonds. The molecule has 1 atom stereocenters. The summed E-state index contributed by atoms with van der Waals surface area (Å²) >= 11 is 1.21. The number of nitriles is 1. The number of para-hydroxylation sites is 1. The first-order chi connectivity index (χ1) is 15.5. The first-order valence-corrected chi connectivity index (χ1v) is 10.9. The number of carbonyl (C=O) groups excluding carboxylic acids is 1. The van der Waals surface area contributed by atoms with Gasteiger partial charge in [0.25, 0.3) is 5.56 Å². The molecule has 158 valence electrons. The van der Waals surface area contributed by atoms with Gasteiger partial charge in [0, 0.05) is 5.69 Å². The zero-order valence-electron chi connectivity index (χ0n) is 17.6. The average molecular weight is 441 g/mol. The lowest BCUT2D eigenvalue weighted by molar-refractivity contribution is -0.115. The first-order valence-electron chi connectivity index (χ1n) is 10.0. The fourth-order valence-electron chi connectivity index (χ4n) is 3.23. The first kappa shape index (κ1) is 21.3. The second-order valence-corrected chi connectivity index (χ2v) is 8.64. The molecule has 4 rings (SSSR count). The second kappa shape index (κ2) is 9.08. The zero-order valence-corrected chi connectivity index (χ0v) is 18.4. The summed E-state index contributed by atoms with van der Waals surface area (Å²) in [6, 6.07) is 23.6. The molecule has 1 unspecified atom stereocenters. The third kappa shape index (κ3) is 4.41. The number of hydrogen-bond acceptors (Lipinski definition) is 5. The number of anilines is 1. The molecule has 4 aromatic rings. The summed E-state index contributed by atoms with van der Waals surface area (Å²) < 4.78 is 1.55. The van der Waals surface area contributed by atoms with Crippen LogP contribution in [0.25, 0.3) is 16.6 Å². The summed E-state index contributed by atoms with van der Waals surface area (Å²) in [6.45, 7) is 3.74. The van der Waals surface area contributed by atoms with E-state index in [0.29, 0.717) is 33.0 Å². The Bertz CT molecular complexity index is 1400. The summed E-state index contributed by atoms with van der Waals surface area (Å²) in [5.41, 5.74) is 3.18. The van der Waals surface area contributed by atoms with E-state index in [4.69, 9.17) is 10.2 Å². The molecule has 6 nitrogen and oxygen atoms in total. The fraction of sp³-hybridized carbons (Fsp3) is 0.120. The summed E-state index contributed by atoms with van der Waals surface area (Å²) in [5.74, 6) is -0.247. The van der Waals surface area contributed by atoms with Gasteiger partial charge in [-0.2, -0.15) is 5.26 Å². The summed E-state index contributed by atoms with van der Waals surface area (Å²) in [5, 5.41) is 12.3. The van der Waals surface area contributed by atoms with Crippen LogP contribution in [0.2, 0.25) is 0 Å². The van der Waals surface area contributed by atoms with Crippen LogP contribution in [0.15, 0.2) is 82.7 Å². The van der Waals surface area contributed by atoms with Crippen molar-refractivity contribution in [3.8, 4) is 11.8 Å². The maximum absolute atomic E-state index is 13.3. The maximum Gasteiger partial charge on any atom is 0.266 e. The molecule has 0 saturated carbocycles. The fourth-order valence-corrected chi connectivity index (χ4v) is 4.16. The maximum atomic E-state index is 13.3. The standard InChI is InChI=1S/C25H20N4O2S/c1-16-10-12-20(13-11-16)29-24(31)21-8-3-4-9-22(21)28-25(29)32-17(2)23(30)27-19-7-5-6-18(14-19)15-26/h3-14,17H,1-2H3,(H,27,30). The quantitative estimate of drug-likeness (QED) is 0.359. The predicted octanol–water partition coefficient (Wildman–Crippen LogP) is 4.69. The molecule has 0 fully saturated rings. The van der Waals surface area contributed by atoms with Crippen LogP contribution in [0.1, 0.15) is 18.1 Å². The molecule has 0 aliphatic rings. The highest BCUT2D eigenvalue weighted by Crippen LogP contribution is 2.26. The third-order valence-electron chi connectivity index (χ3n) is 4.95. The van der Waals surface area contributed by atoms with Gasteiger partial charge in [0.15, 0.2) is 5.16 Å². The summed E-state index contributed by atoms with van der Waals surface area (Å²) in [7, 11) is 0. The highest BCUT2D eigenvalue weighted by molar-refractivity contribution is 8.00. The Morgan fingerprint density at radius 3 is 2.59 bits per heavy atom. The van der Waals surface area contributed by atoms with Crippen molar-refractivity contribution >= 4 is 34.3 Å². The smallest absolute Gasteiger partial charge is 0.266 e. The van der Waals surface area contributed by atoms with Gasteiger partial charge < -0.3 is 5.32 Å². The number of benzene rings is 3. The number of fused-ring (bicyclic) bond motifs is 1. The number of nitrogens with one attached hydrogen (secondary N) is 1. The van der Waals surface area contributed by atoms with Gasteiger partial charge >= 0.3 is 0 Å². The van der Waals surface area contributed by atoms with Crippen LogP contribution in [0.3, 0.4) is 0 Å². The highest BCUT2D eigenvalue weighted by atomic mass is 32.2. The van der Waals surface area contributed by atoms with Crippen molar-refractivity contribution < 1.29 is 4.79 Å². The molecular formula is C25H20N4O2S. The summed E-state index contributed by atoms with van der Waals surface area (Å²) in [6.07, 6.45) is 0. The molecule has 0 radical (unpaired) electrons. The molecule has 0 saturated heterocycles. The Kier molecular flexibility index (Phi) is 6.06. The van der Waals surface area contributed by atoms with Crippen molar-refractivity contribution in [2.45, 2.75) is 24.3 Å². The number of carbonyl (C=O) groups is 1. The van der Waals surface area contributed by atoms with Crippen molar-refractivity contribution in [1.29, 1.82) is 5.26 Å². The second-order valence-electron chi connectivity index (χ2n) is 7.33. The molecule has 0 aliphatic heterocycles. The molecular weight excluding hydrogens is 420 g/mol. The van der Waals surface area contributed by atoms with Crippen LogP contribution in [0.4, 0.5) is 5.69 Å². The van der Waals surface area contributed by atoms with Gasteiger partial charge in [-0.15, -0.1) is 0 Å². The minimum atomic E-state index is -0.537. The van der Waals surface area contributed by atoms with E-state index in [1.807, 2.05) is 43.3 Å². The third-order valence-corrected chi connectivity index (χ3v) is 6.00. The Hall–Kier alpha value is -3.89. The molecule has 1 aromatic heterocycles. The van der Waals surface area contributed by atoms with E-state index in [2.05, 4.69) is 11.4 Å². The molecule has 0 aliphatic carbocycles. The van der Waals surface area contributed by atoms with Gasteiger partial charge in [-0.1, -0.05) is 47.7 Å². The summed E-state index contributed by atoms with van der Waals surface area (Å²) in [4.78, 5) is 30.8. The SMILES string of the molecule is Cc1ccc(-n2c(SC(C)C(=O)Nc3cccc(C#N)c3)nc3ccccc3c2=O)cc1. The van der Waals surface area contributed by atoms with Crippen LogP contribution < -0.4 is 10.9 Å². The van der Waals surface area contributed by atoms with Gasteiger partial charge in [-0.25, -0.2) is 4.98 Å². The number of nitrogens with zero attached hydrogens (tertiary/aromatic N) is 3. The monoisotopic (exact) mass is 440 g/mol. The van der Waals surface area contributed by atoms with Crippen molar-refractivity contribution in [3.05, 3.63) is 94.3 Å². The normalized spacial score (nSPS) is 11.7. The van der Waals surface area contributed by atoms with E-state index in [9.17, 15) is 9.59 Å². The van der Waals surface area contributed by atoms with E-state index in [-0.39, 0.29) is 11.5 Å². The molecule has 32 heavy (non-hydrogen) atoms. The molecule has 3 aromatic carbocycles. The van der Waals surface area contributed by atoms with Gasteiger partial charge in [0.2, 0.25) is 5.91 Å². The van der Waals surface area contributed by atoms with E-state index in [1.165, 1.54) is 11.8 Å². The molecule has 1 heterocycles. The number of aromatic nitrogens is 2. The lowest BCUT2D eigenvalue weighted by atomic mass is 10.2. The Balaban J connectivity index is 1.70. The van der Waals surface area contributed by atoms with Crippen molar-refractivity contribution in [2.75, 3.05) is 5.32 Å². The average Bonchev–Trinajstić information content (AvgIpc) is 2.80. The van der Waals surface area contributed by atoms with Gasteiger partial charge in [0.05, 0.1) is 33.5 Å². The Labute approximate surface area is 189 Å². The number of thioether (sulfide) groups is 1. The van der Waals surface area contributed by atoms with E-state index < -0.39 is 5.25 Å². The van der Waals surface area contributed by atoms with E-state index in [1.54, 1.807) is 47.9 Å². The molecule has 0 bridgehead atoms. The van der Waals surface area contributed by atoms with E-state index in [0.717, 1.165) is 5.56 Å². The zero-order chi connectivity index (χ0) is 22.7. The topological polar surface area (TPSA) is 87.8 Å². The molecule has 1 N–H and O–H groups in total. The largest absolute Gasteiger partial charge is 0.325 e. The predicted molar refractivity (Wildman–Crippen MR) is 127 cm³/mol. The van der Waals surface area contributed by atoms with Crippen molar-refractivity contribution in [2.24, 2.45) is 0 Å². The number of rotatable bonds is 5. The lowest BCUT2D eigenvalue weighted by Crippen LogP contribution is -2.26. The minimum Gasteiger partial charge on any atom is -0.325 e. The van der Waals surface area contributed by atoms with Crippen LogP contribution in [-0.4, -0.2) is 20.7 Å². The molecule has 7 heteroatoms. The number of hydrogen-bond donors (Lipinski definition) is 1. The van der Waals surface area contributed by atoms with Gasteiger partial charge in [0.1, 0.15) is 0 Å². The van der Waals surface area contributed by atoms with Crippen LogP contribution in [-0.2, 0) is 4.79 Å². The van der Waals surface area contributed by atoms with Crippen LogP contribution in [0.5, 0.6) is 0 Å².